The molecule has 0 aromatic carbocycles. The van der Waals surface area contributed by atoms with Crippen molar-refractivity contribution in [3.05, 3.63) is 12.4 Å². The van der Waals surface area contributed by atoms with Crippen molar-refractivity contribution in [1.29, 1.82) is 0 Å². The van der Waals surface area contributed by atoms with E-state index in [0.29, 0.717) is 6.04 Å². The maximum absolute atomic E-state index is 4.34. The molecule has 15 heavy (non-hydrogen) atoms. The highest BCUT2D eigenvalue weighted by molar-refractivity contribution is 7.98. The third-order valence-electron chi connectivity index (χ3n) is 2.67. The molecule has 82 valence electrons. The summed E-state index contributed by atoms with van der Waals surface area (Å²) < 4.78 is 0. The molecule has 1 saturated heterocycles. The minimum absolute atomic E-state index is 0.597. The lowest BCUT2D eigenvalue weighted by atomic mass is 10.1. The lowest BCUT2D eigenvalue weighted by Crippen LogP contribution is -2.57. The summed E-state index contributed by atoms with van der Waals surface area (Å²) in [6, 6.07) is 2.66. The van der Waals surface area contributed by atoms with Crippen LogP contribution < -0.4 is 10.2 Å². The Morgan fingerprint density at radius 2 is 2.33 bits per heavy atom. The molecule has 1 aromatic rings. The highest BCUT2D eigenvalue weighted by Gasteiger charge is 2.24. The number of likely N-dealkylation sites (N-methyl/N-ethyl adjacent to an activating group) is 1. The fraction of sp³-hybridized carbons (Fsp3) is 0.600. The Labute approximate surface area is 94.5 Å². The predicted octanol–water partition coefficient (Wildman–Crippen LogP) is 0.997. The van der Waals surface area contributed by atoms with Gasteiger partial charge in [0.1, 0.15) is 17.2 Å². The van der Waals surface area contributed by atoms with Gasteiger partial charge in [-0.2, -0.15) is 0 Å². The zero-order chi connectivity index (χ0) is 10.7. The second-order valence-corrected chi connectivity index (χ2v) is 4.34. The Morgan fingerprint density at radius 1 is 1.53 bits per heavy atom. The monoisotopic (exact) mass is 224 g/mol. The molecule has 1 fully saturated rings. The number of nitrogens with zero attached hydrogens (tertiary/aromatic N) is 3. The summed E-state index contributed by atoms with van der Waals surface area (Å²) in [5.41, 5.74) is 0. The molecule has 0 bridgehead atoms. The number of thioether (sulfide) groups is 1. The van der Waals surface area contributed by atoms with E-state index < -0.39 is 0 Å². The van der Waals surface area contributed by atoms with Crippen molar-refractivity contribution in [2.45, 2.75) is 18.0 Å². The number of aromatic nitrogens is 2. The summed E-state index contributed by atoms with van der Waals surface area (Å²) in [6.07, 6.45) is 3.68. The normalized spacial score (nSPS) is 16.1. The van der Waals surface area contributed by atoms with E-state index in [1.807, 2.05) is 6.26 Å². The fourth-order valence-electron chi connectivity index (χ4n) is 1.70. The molecule has 0 spiro atoms. The second kappa shape index (κ2) is 4.81. The Balaban J connectivity index is 2.17. The summed E-state index contributed by atoms with van der Waals surface area (Å²) in [5, 5.41) is 4.32. The van der Waals surface area contributed by atoms with Crippen molar-refractivity contribution < 1.29 is 0 Å². The molecule has 0 radical (unpaired) electrons. The predicted molar refractivity (Wildman–Crippen MR) is 63.5 cm³/mol. The van der Waals surface area contributed by atoms with Crippen molar-refractivity contribution in [1.82, 2.24) is 15.3 Å². The number of rotatable bonds is 4. The molecule has 2 rings (SSSR count). The molecule has 2 heterocycles. The van der Waals surface area contributed by atoms with Crippen molar-refractivity contribution in [2.24, 2.45) is 0 Å². The van der Waals surface area contributed by atoms with Crippen LogP contribution in [0.1, 0.15) is 6.92 Å². The molecule has 0 amide bonds. The van der Waals surface area contributed by atoms with Crippen LogP contribution in [0.2, 0.25) is 0 Å². The first kappa shape index (κ1) is 10.7. The summed E-state index contributed by atoms with van der Waals surface area (Å²) >= 11 is 1.65. The molecule has 1 aromatic heterocycles. The Morgan fingerprint density at radius 3 is 2.87 bits per heavy atom. The van der Waals surface area contributed by atoms with Gasteiger partial charge in [0.15, 0.2) is 0 Å². The quantitative estimate of drug-likeness (QED) is 0.610. The van der Waals surface area contributed by atoms with Crippen LogP contribution >= 0.6 is 11.8 Å². The molecule has 5 heteroatoms. The zero-order valence-electron chi connectivity index (χ0n) is 9.10. The van der Waals surface area contributed by atoms with Gasteiger partial charge < -0.3 is 10.2 Å². The third-order valence-corrected chi connectivity index (χ3v) is 3.31. The average molecular weight is 224 g/mol. The summed E-state index contributed by atoms with van der Waals surface area (Å²) in [6.45, 7) is 5.29. The third kappa shape index (κ3) is 2.23. The topological polar surface area (TPSA) is 41.1 Å². The Bertz CT molecular complexity index is 327. The van der Waals surface area contributed by atoms with Crippen molar-refractivity contribution in [2.75, 3.05) is 30.8 Å². The Kier molecular flexibility index (Phi) is 3.43. The first-order valence-electron chi connectivity index (χ1n) is 5.18. The van der Waals surface area contributed by atoms with Gasteiger partial charge in [0, 0.05) is 25.7 Å². The van der Waals surface area contributed by atoms with Crippen LogP contribution in [0.3, 0.4) is 0 Å². The van der Waals surface area contributed by atoms with Gasteiger partial charge in [0.25, 0.3) is 0 Å². The van der Waals surface area contributed by atoms with E-state index in [1.54, 1.807) is 18.1 Å². The van der Waals surface area contributed by atoms with E-state index in [4.69, 9.17) is 0 Å². The van der Waals surface area contributed by atoms with Gasteiger partial charge in [-0.25, -0.2) is 9.97 Å². The zero-order valence-corrected chi connectivity index (χ0v) is 9.92. The molecule has 1 aliphatic rings. The summed E-state index contributed by atoms with van der Waals surface area (Å²) in [4.78, 5) is 10.9. The molecular formula is C10H16N4S. The van der Waals surface area contributed by atoms with E-state index in [0.717, 1.165) is 30.5 Å². The smallest absolute Gasteiger partial charge is 0.133 e. The van der Waals surface area contributed by atoms with Crippen LogP contribution in [0.5, 0.6) is 0 Å². The molecule has 0 saturated carbocycles. The van der Waals surface area contributed by atoms with E-state index in [9.17, 15) is 0 Å². The first-order valence-corrected chi connectivity index (χ1v) is 6.41. The number of hydrogen-bond donors (Lipinski definition) is 1. The second-order valence-electron chi connectivity index (χ2n) is 3.52. The molecule has 4 nitrogen and oxygen atoms in total. The maximum atomic E-state index is 4.34. The highest BCUT2D eigenvalue weighted by atomic mass is 32.2. The largest absolute Gasteiger partial charge is 0.351 e. The van der Waals surface area contributed by atoms with E-state index >= 15 is 0 Å². The van der Waals surface area contributed by atoms with Crippen LogP contribution in [0.15, 0.2) is 17.4 Å². The van der Waals surface area contributed by atoms with Crippen molar-refractivity contribution >= 4 is 17.6 Å². The molecule has 0 unspecified atom stereocenters. The van der Waals surface area contributed by atoms with Crippen molar-refractivity contribution in [3.8, 4) is 0 Å². The van der Waals surface area contributed by atoms with Crippen LogP contribution in [-0.2, 0) is 0 Å². The summed E-state index contributed by atoms with van der Waals surface area (Å²) in [7, 11) is 0. The van der Waals surface area contributed by atoms with E-state index in [2.05, 4.69) is 33.2 Å². The van der Waals surface area contributed by atoms with Gasteiger partial charge in [-0.1, -0.05) is 0 Å². The van der Waals surface area contributed by atoms with E-state index in [-0.39, 0.29) is 0 Å². The molecular weight excluding hydrogens is 208 g/mol. The molecule has 1 N–H and O–H groups in total. The molecule has 1 aliphatic heterocycles. The van der Waals surface area contributed by atoms with Crippen LogP contribution in [0.4, 0.5) is 5.82 Å². The van der Waals surface area contributed by atoms with Gasteiger partial charge >= 0.3 is 0 Å². The lowest BCUT2D eigenvalue weighted by Gasteiger charge is -2.38. The molecule has 0 atom stereocenters. The number of hydrogen-bond acceptors (Lipinski definition) is 5. The summed E-state index contributed by atoms with van der Waals surface area (Å²) in [5.74, 6) is 1.04. The first-order chi connectivity index (χ1) is 7.35. The minimum Gasteiger partial charge on any atom is -0.351 e. The maximum Gasteiger partial charge on any atom is 0.133 e. The fourth-order valence-corrected chi connectivity index (χ4v) is 2.08. The Hall–Kier alpha value is -0.810. The van der Waals surface area contributed by atoms with E-state index in [1.165, 1.54) is 0 Å². The lowest BCUT2D eigenvalue weighted by molar-refractivity contribution is 0.415. The van der Waals surface area contributed by atoms with Gasteiger partial charge in [0.2, 0.25) is 0 Å². The van der Waals surface area contributed by atoms with Crippen LogP contribution in [0.25, 0.3) is 0 Å². The van der Waals surface area contributed by atoms with Gasteiger partial charge in [-0.05, 0) is 13.2 Å². The van der Waals surface area contributed by atoms with Gasteiger partial charge in [-0.15, -0.1) is 11.8 Å². The van der Waals surface area contributed by atoms with Crippen molar-refractivity contribution in [3.63, 3.8) is 0 Å². The molecule has 0 aliphatic carbocycles. The SMILES string of the molecule is CCN(c1cc(SC)ncn1)C1CNC1. The minimum atomic E-state index is 0.597. The average Bonchev–Trinajstić information content (AvgIpc) is 2.23. The number of anilines is 1. The standard InChI is InChI=1S/C10H16N4S/c1-3-14(8-5-11-6-8)9-4-10(15-2)13-7-12-9/h4,7-8,11H,3,5-6H2,1-2H3. The van der Waals surface area contributed by atoms with Gasteiger partial charge in [0.05, 0.1) is 6.04 Å². The van der Waals surface area contributed by atoms with Crippen LogP contribution in [0, 0.1) is 0 Å². The van der Waals surface area contributed by atoms with Gasteiger partial charge in [-0.3, -0.25) is 0 Å². The number of nitrogens with one attached hydrogen (secondary N) is 1. The van der Waals surface area contributed by atoms with Crippen LogP contribution in [-0.4, -0.2) is 41.9 Å². The highest BCUT2D eigenvalue weighted by Crippen LogP contribution is 2.20.